The van der Waals surface area contributed by atoms with Crippen molar-refractivity contribution in [3.8, 4) is 5.75 Å². The molecule has 7 N–H and O–H groups in total. The molecule has 1 saturated carbocycles. The number of Topliss-reactive ketones (excluding diaryl/α,β-unsaturated/α-hetero) is 2. The molecule has 0 radical (unpaired) electrons. The lowest BCUT2D eigenvalue weighted by atomic mass is 9.54. The van der Waals surface area contributed by atoms with Crippen LogP contribution in [0.4, 0.5) is 0 Å². The molecule has 0 heterocycles. The number of carbonyl (C=O) groups excluding carboxylic acids is 3. The van der Waals surface area contributed by atoms with E-state index in [2.05, 4.69) is 0 Å². The van der Waals surface area contributed by atoms with Crippen molar-refractivity contribution in [3.05, 3.63) is 45.2 Å². The SMILES string of the molecule is C[C@H]1c2cc(Cl)cc(O)c2C(O)=C2C(=O)[C@]3(O)C(O)=C(C(N)=O)C(=O)[C@@H](N(C)C)C3[C@@H](O)C21. The first kappa shape index (κ1) is 23.2. The summed E-state index contributed by atoms with van der Waals surface area (Å²) >= 11 is 6.06. The predicted molar refractivity (Wildman–Crippen MR) is 115 cm³/mol. The van der Waals surface area contributed by atoms with Gasteiger partial charge in [-0.25, -0.2) is 0 Å². The number of rotatable bonds is 2. The van der Waals surface area contributed by atoms with Gasteiger partial charge in [0.1, 0.15) is 22.8 Å². The molecule has 1 amide bonds. The van der Waals surface area contributed by atoms with Gasteiger partial charge in [0.05, 0.1) is 23.6 Å². The number of aliphatic hydroxyl groups is 4. The smallest absolute Gasteiger partial charge is 0.255 e. The second-order valence-electron chi connectivity index (χ2n) is 8.94. The second-order valence-corrected chi connectivity index (χ2v) is 9.37. The number of likely N-dealkylation sites (N-methyl/N-ethyl adjacent to an activating group) is 1. The van der Waals surface area contributed by atoms with Gasteiger partial charge in [0, 0.05) is 16.5 Å². The van der Waals surface area contributed by atoms with E-state index in [1.54, 1.807) is 6.92 Å². The number of phenols is 1. The van der Waals surface area contributed by atoms with Gasteiger partial charge >= 0.3 is 0 Å². The highest BCUT2D eigenvalue weighted by molar-refractivity contribution is 6.31. The first-order chi connectivity index (χ1) is 15.3. The topological polar surface area (TPSA) is 182 Å². The first-order valence-electron chi connectivity index (χ1n) is 10.1. The molecule has 0 aliphatic heterocycles. The fraction of sp³-hybridized carbons (Fsp3) is 0.409. The van der Waals surface area contributed by atoms with Crippen LogP contribution in [0.5, 0.6) is 5.75 Å². The zero-order valence-corrected chi connectivity index (χ0v) is 18.7. The molecule has 176 valence electrons. The number of ketones is 2. The Labute approximate surface area is 193 Å². The highest BCUT2D eigenvalue weighted by Gasteiger charge is 2.68. The van der Waals surface area contributed by atoms with Gasteiger partial charge in [-0.15, -0.1) is 0 Å². The van der Waals surface area contributed by atoms with E-state index in [0.29, 0.717) is 5.56 Å². The van der Waals surface area contributed by atoms with Crippen LogP contribution in [0.2, 0.25) is 5.02 Å². The van der Waals surface area contributed by atoms with Crippen LogP contribution in [0.3, 0.4) is 0 Å². The number of amides is 1. The number of aromatic hydroxyl groups is 1. The molecular formula is C22H23ClN2O8. The Morgan fingerprint density at radius 2 is 1.79 bits per heavy atom. The summed E-state index contributed by atoms with van der Waals surface area (Å²) in [5.41, 5.74) is 1.19. The Morgan fingerprint density at radius 1 is 1.18 bits per heavy atom. The van der Waals surface area contributed by atoms with Gasteiger partial charge in [-0.2, -0.15) is 0 Å². The normalized spacial score (nSPS) is 33.7. The summed E-state index contributed by atoms with van der Waals surface area (Å²) in [7, 11) is 2.89. The van der Waals surface area contributed by atoms with Crippen molar-refractivity contribution in [2.24, 2.45) is 17.6 Å². The minimum absolute atomic E-state index is 0.101. The van der Waals surface area contributed by atoms with E-state index in [0.717, 1.165) is 6.07 Å². The number of fused-ring (bicyclic) bond motifs is 3. The summed E-state index contributed by atoms with van der Waals surface area (Å²) in [6.45, 7) is 1.63. The number of carbonyl (C=O) groups is 3. The molecule has 0 spiro atoms. The minimum atomic E-state index is -2.92. The molecule has 33 heavy (non-hydrogen) atoms. The average molecular weight is 479 g/mol. The van der Waals surface area contributed by atoms with Gasteiger partial charge in [0.15, 0.2) is 11.4 Å². The molecule has 3 aliphatic carbocycles. The first-order valence-corrected chi connectivity index (χ1v) is 10.5. The summed E-state index contributed by atoms with van der Waals surface area (Å²) in [5.74, 6) is -9.31. The molecule has 11 heteroatoms. The molecule has 1 aromatic rings. The predicted octanol–water partition coefficient (Wildman–Crippen LogP) is 0.149. The Balaban J connectivity index is 2.07. The quantitative estimate of drug-likeness (QED) is 0.322. The van der Waals surface area contributed by atoms with Crippen molar-refractivity contribution < 1.29 is 39.9 Å². The van der Waals surface area contributed by atoms with Crippen LogP contribution in [0.1, 0.15) is 24.0 Å². The monoisotopic (exact) mass is 478 g/mol. The Bertz CT molecular complexity index is 1190. The van der Waals surface area contributed by atoms with Crippen molar-refractivity contribution >= 4 is 34.8 Å². The molecule has 3 aliphatic rings. The highest BCUT2D eigenvalue weighted by Crippen LogP contribution is 2.56. The van der Waals surface area contributed by atoms with Crippen LogP contribution in [0, 0.1) is 11.8 Å². The number of hydrogen-bond donors (Lipinski definition) is 6. The van der Waals surface area contributed by atoms with Crippen LogP contribution in [-0.2, 0) is 14.4 Å². The van der Waals surface area contributed by atoms with Crippen molar-refractivity contribution in [1.29, 1.82) is 0 Å². The van der Waals surface area contributed by atoms with Gasteiger partial charge in [-0.05, 0) is 37.7 Å². The lowest BCUT2D eigenvalue weighted by Crippen LogP contribution is -2.70. The third kappa shape index (κ3) is 2.81. The largest absolute Gasteiger partial charge is 0.508 e. The molecule has 1 aromatic carbocycles. The van der Waals surface area contributed by atoms with E-state index in [9.17, 15) is 39.9 Å². The van der Waals surface area contributed by atoms with Crippen molar-refractivity contribution in [1.82, 2.24) is 4.90 Å². The maximum absolute atomic E-state index is 13.7. The number of hydrogen-bond acceptors (Lipinski definition) is 9. The molecule has 6 atom stereocenters. The van der Waals surface area contributed by atoms with Gasteiger partial charge in [-0.3, -0.25) is 19.3 Å². The summed E-state index contributed by atoms with van der Waals surface area (Å²) in [5, 5.41) is 55.3. The van der Waals surface area contributed by atoms with E-state index in [4.69, 9.17) is 17.3 Å². The van der Waals surface area contributed by atoms with Crippen LogP contribution in [0.15, 0.2) is 29.0 Å². The fourth-order valence-electron chi connectivity index (χ4n) is 5.61. The van der Waals surface area contributed by atoms with E-state index in [1.807, 2.05) is 0 Å². The number of nitrogens with zero attached hydrogens (tertiary/aromatic N) is 1. The number of primary amides is 1. The van der Waals surface area contributed by atoms with E-state index in [-0.39, 0.29) is 10.6 Å². The van der Waals surface area contributed by atoms with Crippen LogP contribution in [0.25, 0.3) is 5.76 Å². The van der Waals surface area contributed by atoms with Crippen molar-refractivity contribution in [3.63, 3.8) is 0 Å². The molecule has 10 nitrogen and oxygen atoms in total. The molecule has 1 fully saturated rings. The van der Waals surface area contributed by atoms with Crippen molar-refractivity contribution in [2.45, 2.75) is 30.6 Å². The summed E-state index contributed by atoms with van der Waals surface area (Å²) < 4.78 is 0. The minimum Gasteiger partial charge on any atom is -0.508 e. The molecule has 0 aromatic heterocycles. The third-order valence-electron chi connectivity index (χ3n) is 7.03. The summed E-state index contributed by atoms with van der Waals surface area (Å²) in [6.07, 6.45) is -1.64. The molecule has 4 rings (SSSR count). The maximum Gasteiger partial charge on any atom is 0.255 e. The van der Waals surface area contributed by atoms with Gasteiger partial charge in [0.25, 0.3) is 5.91 Å². The Hall–Kier alpha value is -2.92. The Morgan fingerprint density at radius 3 is 2.33 bits per heavy atom. The number of aliphatic hydroxyl groups excluding tert-OH is 3. The summed E-state index contributed by atoms with van der Waals surface area (Å²) in [4.78, 5) is 40.0. The van der Waals surface area contributed by atoms with E-state index in [1.165, 1.54) is 25.1 Å². The van der Waals surface area contributed by atoms with Crippen molar-refractivity contribution in [2.75, 3.05) is 14.1 Å². The van der Waals surface area contributed by atoms with E-state index < -0.39 is 81.4 Å². The zero-order chi connectivity index (χ0) is 24.7. The Kier molecular flexibility index (Phi) is 5.14. The van der Waals surface area contributed by atoms with Crippen LogP contribution < -0.4 is 5.73 Å². The van der Waals surface area contributed by atoms with Crippen LogP contribution >= 0.6 is 11.6 Å². The fourth-order valence-corrected chi connectivity index (χ4v) is 5.83. The van der Waals surface area contributed by atoms with E-state index >= 15 is 0 Å². The average Bonchev–Trinajstić information content (AvgIpc) is 2.70. The molecule has 2 unspecified atom stereocenters. The number of phenolic OH excluding ortho intramolecular Hbond substituents is 1. The summed E-state index contributed by atoms with van der Waals surface area (Å²) in [6, 6.07) is 1.25. The zero-order valence-electron chi connectivity index (χ0n) is 17.9. The van der Waals surface area contributed by atoms with Gasteiger partial charge in [-0.1, -0.05) is 18.5 Å². The standard InChI is InChI=1S/C22H23ClN2O8/c1-6-8-4-7(23)5-9(26)11(8)16(27)12-10(6)17(28)14-15(25(2)3)18(29)13(21(24)32)20(31)22(14,33)19(12)30/h4-6,10,14-15,17,26-28,31,33H,1-3H3,(H2,24,32)/t6-,10?,14?,15-,17-,22-/m0/s1. The number of nitrogens with two attached hydrogens (primary N) is 1. The molecule has 0 saturated heterocycles. The lowest BCUT2D eigenvalue weighted by molar-refractivity contribution is -0.169. The lowest BCUT2D eigenvalue weighted by Gasteiger charge is -2.53. The van der Waals surface area contributed by atoms with Gasteiger partial charge < -0.3 is 31.3 Å². The molecular weight excluding hydrogens is 456 g/mol. The van der Waals surface area contributed by atoms with Crippen LogP contribution in [-0.4, -0.2) is 79.7 Å². The maximum atomic E-state index is 13.7. The highest BCUT2D eigenvalue weighted by atomic mass is 35.5. The number of halogens is 1. The number of benzene rings is 1. The van der Waals surface area contributed by atoms with Gasteiger partial charge in [0.2, 0.25) is 5.78 Å². The molecule has 0 bridgehead atoms. The third-order valence-corrected chi connectivity index (χ3v) is 7.25. The second kappa shape index (κ2) is 7.29.